The molecular formula is C29H39N3O6S2. The second-order valence-electron chi connectivity index (χ2n) is 10.0. The number of aliphatic hydroxyl groups is 1. The van der Waals surface area contributed by atoms with E-state index in [1.54, 1.807) is 24.6 Å². The number of nitrogens with zero attached hydrogens (tertiary/aromatic N) is 2. The van der Waals surface area contributed by atoms with E-state index in [-0.39, 0.29) is 30.2 Å². The molecule has 0 unspecified atom stereocenters. The summed E-state index contributed by atoms with van der Waals surface area (Å²) in [5, 5.41) is 14.1. The summed E-state index contributed by atoms with van der Waals surface area (Å²) in [6.07, 6.45) is 0.903. The average Bonchev–Trinajstić information content (AvgIpc) is 3.39. The molecule has 0 bridgehead atoms. The molecule has 9 nitrogen and oxygen atoms in total. The third-order valence-corrected chi connectivity index (χ3v) is 9.27. The first kappa shape index (κ1) is 31.7. The van der Waals surface area contributed by atoms with Crippen molar-refractivity contribution in [1.29, 1.82) is 0 Å². The maximum absolute atomic E-state index is 13.8. The quantitative estimate of drug-likeness (QED) is 0.227. The van der Waals surface area contributed by atoms with Gasteiger partial charge in [0.25, 0.3) is 0 Å². The van der Waals surface area contributed by atoms with Crippen molar-refractivity contribution >= 4 is 43.5 Å². The van der Waals surface area contributed by atoms with Crippen molar-refractivity contribution in [3.8, 4) is 0 Å². The van der Waals surface area contributed by atoms with E-state index < -0.39 is 34.4 Å². The number of aromatic nitrogens is 1. The standard InChI is InChI=1S/C29H39N3O6S2/c1-4-5-9-16-32(40(36,37)24-14-15-25-28(18-24)39-20-30-25)19-27(34)26(17-23-10-7-6-8-11-23)31-29(35)38-22(3)13-12-21(2)33/h6-8,10-11,14-15,18,20,22,26-27,34H,4-5,9,12-13,16-17,19H2,1-3H3,(H,31,35)/t22-,26-,27+/m0/s1. The molecule has 0 saturated heterocycles. The number of Topliss-reactive ketones (excluding diaryl/α,β-unsaturated/α-hetero) is 1. The van der Waals surface area contributed by atoms with Crippen LogP contribution in [0, 0.1) is 0 Å². The van der Waals surface area contributed by atoms with E-state index in [0.29, 0.717) is 19.3 Å². The zero-order valence-electron chi connectivity index (χ0n) is 23.3. The summed E-state index contributed by atoms with van der Waals surface area (Å²) in [6, 6.07) is 13.4. The lowest BCUT2D eigenvalue weighted by atomic mass is 10.0. The number of alkyl carbamates (subject to hydrolysis) is 1. The summed E-state index contributed by atoms with van der Waals surface area (Å²) in [4.78, 5) is 28.4. The highest BCUT2D eigenvalue weighted by molar-refractivity contribution is 7.89. The highest BCUT2D eigenvalue weighted by Crippen LogP contribution is 2.25. The number of nitrogens with one attached hydrogen (secondary N) is 1. The molecule has 0 radical (unpaired) electrons. The fourth-order valence-corrected chi connectivity index (χ4v) is 6.63. The zero-order valence-corrected chi connectivity index (χ0v) is 24.9. The van der Waals surface area contributed by atoms with Gasteiger partial charge in [0.1, 0.15) is 11.9 Å². The van der Waals surface area contributed by atoms with Crippen LogP contribution in [-0.2, 0) is 26.0 Å². The molecule has 1 aromatic heterocycles. The minimum Gasteiger partial charge on any atom is -0.447 e. The smallest absolute Gasteiger partial charge is 0.407 e. The lowest BCUT2D eigenvalue weighted by molar-refractivity contribution is -0.117. The number of unbranched alkanes of at least 4 members (excludes halogenated alkanes) is 2. The average molecular weight is 590 g/mol. The van der Waals surface area contributed by atoms with Crippen molar-refractivity contribution in [3.05, 3.63) is 59.6 Å². The number of rotatable bonds is 16. The van der Waals surface area contributed by atoms with Crippen LogP contribution >= 0.6 is 11.3 Å². The molecule has 0 saturated carbocycles. The Morgan fingerprint density at radius 2 is 1.90 bits per heavy atom. The summed E-state index contributed by atoms with van der Waals surface area (Å²) >= 11 is 1.36. The van der Waals surface area contributed by atoms with Gasteiger partial charge in [-0.1, -0.05) is 50.1 Å². The lowest BCUT2D eigenvalue weighted by Gasteiger charge is -2.30. The van der Waals surface area contributed by atoms with Crippen LogP contribution in [0.3, 0.4) is 0 Å². The van der Waals surface area contributed by atoms with E-state index in [0.717, 1.165) is 28.6 Å². The van der Waals surface area contributed by atoms with Crippen molar-refractivity contribution in [2.75, 3.05) is 13.1 Å². The molecule has 3 rings (SSSR count). The van der Waals surface area contributed by atoms with E-state index >= 15 is 0 Å². The van der Waals surface area contributed by atoms with E-state index in [1.165, 1.54) is 28.6 Å². The number of sulfonamides is 1. The zero-order chi connectivity index (χ0) is 29.1. The van der Waals surface area contributed by atoms with Crippen LogP contribution in [0.2, 0.25) is 0 Å². The molecule has 40 heavy (non-hydrogen) atoms. The molecule has 3 aromatic rings. The molecule has 218 valence electrons. The van der Waals surface area contributed by atoms with Crippen molar-refractivity contribution in [3.63, 3.8) is 0 Å². The topological polar surface area (TPSA) is 126 Å². The fraction of sp³-hybridized carbons (Fsp3) is 0.483. The van der Waals surface area contributed by atoms with Crippen molar-refractivity contribution in [2.45, 2.75) is 82.4 Å². The summed E-state index contributed by atoms with van der Waals surface area (Å²) in [5.74, 6) is 0.00657. The molecular weight excluding hydrogens is 550 g/mol. The van der Waals surface area contributed by atoms with Crippen LogP contribution in [0.5, 0.6) is 0 Å². The van der Waals surface area contributed by atoms with Gasteiger partial charge in [-0.25, -0.2) is 18.2 Å². The van der Waals surface area contributed by atoms with E-state index in [2.05, 4.69) is 10.3 Å². The van der Waals surface area contributed by atoms with Crippen molar-refractivity contribution < 1.29 is 27.9 Å². The predicted molar refractivity (Wildman–Crippen MR) is 157 cm³/mol. The molecule has 2 aromatic carbocycles. The summed E-state index contributed by atoms with van der Waals surface area (Å²) < 4.78 is 35.0. The number of ether oxygens (including phenoxy) is 1. The lowest BCUT2D eigenvalue weighted by Crippen LogP contribution is -2.51. The van der Waals surface area contributed by atoms with E-state index in [9.17, 15) is 23.1 Å². The largest absolute Gasteiger partial charge is 0.447 e. The number of hydrogen-bond donors (Lipinski definition) is 2. The van der Waals surface area contributed by atoms with Gasteiger partial charge >= 0.3 is 6.09 Å². The highest BCUT2D eigenvalue weighted by atomic mass is 32.2. The van der Waals surface area contributed by atoms with Gasteiger partial charge in [0.05, 0.1) is 32.8 Å². The molecule has 1 heterocycles. The van der Waals surface area contributed by atoms with Crippen LogP contribution in [-0.4, -0.2) is 66.0 Å². The Kier molecular flexibility index (Phi) is 12.1. The van der Waals surface area contributed by atoms with Crippen LogP contribution in [0.4, 0.5) is 4.79 Å². The molecule has 3 atom stereocenters. The number of carbonyl (C=O) groups excluding carboxylic acids is 2. The molecule has 0 aliphatic carbocycles. The van der Waals surface area contributed by atoms with Crippen LogP contribution in [0.15, 0.2) is 58.9 Å². The molecule has 0 aliphatic heterocycles. The van der Waals surface area contributed by atoms with Crippen LogP contribution in [0.1, 0.15) is 58.4 Å². The minimum atomic E-state index is -3.94. The number of carbonyl (C=O) groups is 2. The van der Waals surface area contributed by atoms with E-state index in [4.69, 9.17) is 4.74 Å². The van der Waals surface area contributed by atoms with Gasteiger partial charge in [0.2, 0.25) is 10.0 Å². The number of benzene rings is 2. The van der Waals surface area contributed by atoms with Gasteiger partial charge in [-0.05, 0) is 56.9 Å². The van der Waals surface area contributed by atoms with Crippen LogP contribution in [0.25, 0.3) is 10.2 Å². The Hall–Kier alpha value is -2.86. The molecule has 0 fully saturated rings. The number of ketones is 1. The monoisotopic (exact) mass is 589 g/mol. The molecule has 0 aliphatic rings. The Labute approximate surface area is 240 Å². The SMILES string of the molecule is CCCCCN(C[C@@H](O)[C@H](Cc1ccccc1)NC(=O)O[C@@H](C)CCC(C)=O)S(=O)(=O)c1ccc2ncsc2c1. The highest BCUT2D eigenvalue weighted by Gasteiger charge is 2.31. The number of aliphatic hydroxyl groups excluding tert-OH is 1. The molecule has 2 N–H and O–H groups in total. The predicted octanol–water partition coefficient (Wildman–Crippen LogP) is 4.93. The van der Waals surface area contributed by atoms with Crippen molar-refractivity contribution in [2.24, 2.45) is 0 Å². The second-order valence-corrected chi connectivity index (χ2v) is 12.8. The number of thiazole rings is 1. The van der Waals surface area contributed by atoms with Gasteiger partial charge in [-0.15, -0.1) is 11.3 Å². The van der Waals surface area contributed by atoms with Gasteiger partial charge < -0.3 is 20.0 Å². The fourth-order valence-electron chi connectivity index (χ4n) is 4.31. The summed E-state index contributed by atoms with van der Waals surface area (Å²) in [5.41, 5.74) is 3.27. The third kappa shape index (κ3) is 9.36. The minimum absolute atomic E-state index is 0.00657. The first-order chi connectivity index (χ1) is 19.1. The van der Waals surface area contributed by atoms with Gasteiger partial charge in [0.15, 0.2) is 0 Å². The Morgan fingerprint density at radius 3 is 2.60 bits per heavy atom. The first-order valence-corrected chi connectivity index (χ1v) is 15.9. The molecule has 1 amide bonds. The second kappa shape index (κ2) is 15.2. The van der Waals surface area contributed by atoms with Crippen molar-refractivity contribution in [1.82, 2.24) is 14.6 Å². The third-order valence-electron chi connectivity index (χ3n) is 6.62. The van der Waals surface area contributed by atoms with Gasteiger partial charge in [0, 0.05) is 19.5 Å². The maximum atomic E-state index is 13.8. The normalized spacial score (nSPS) is 14.1. The molecule has 11 heteroatoms. The molecule has 0 spiro atoms. The summed E-state index contributed by atoms with van der Waals surface area (Å²) in [6.45, 7) is 5.25. The van der Waals surface area contributed by atoms with E-state index in [1.807, 2.05) is 37.3 Å². The van der Waals surface area contributed by atoms with Crippen LogP contribution < -0.4 is 5.32 Å². The Morgan fingerprint density at radius 1 is 1.15 bits per heavy atom. The first-order valence-electron chi connectivity index (χ1n) is 13.6. The number of hydrogen-bond acceptors (Lipinski definition) is 8. The number of fused-ring (bicyclic) bond motifs is 1. The maximum Gasteiger partial charge on any atom is 0.407 e. The van der Waals surface area contributed by atoms with Gasteiger partial charge in [-0.2, -0.15) is 4.31 Å². The number of amides is 1. The van der Waals surface area contributed by atoms with Gasteiger partial charge in [-0.3, -0.25) is 0 Å². The summed E-state index contributed by atoms with van der Waals surface area (Å²) in [7, 11) is -3.94. The Balaban J connectivity index is 1.81. The Bertz CT molecular complexity index is 1350.